The molecular weight excluding hydrogens is 338 g/mol. The van der Waals surface area contributed by atoms with E-state index in [2.05, 4.69) is 5.32 Å². The van der Waals surface area contributed by atoms with Gasteiger partial charge >= 0.3 is 0 Å². The van der Waals surface area contributed by atoms with Crippen molar-refractivity contribution in [2.45, 2.75) is 0 Å². The van der Waals surface area contributed by atoms with Crippen LogP contribution in [0.1, 0.15) is 11.1 Å². The minimum Gasteiger partial charge on any atom is -0.497 e. The van der Waals surface area contributed by atoms with Gasteiger partial charge in [0.2, 0.25) is 0 Å². The van der Waals surface area contributed by atoms with Crippen LogP contribution in [0.5, 0.6) is 11.5 Å². The molecule has 0 unspecified atom stereocenters. The summed E-state index contributed by atoms with van der Waals surface area (Å²) in [6.45, 7) is 0. The van der Waals surface area contributed by atoms with Crippen molar-refractivity contribution in [1.29, 1.82) is 0 Å². The van der Waals surface area contributed by atoms with Crippen LogP contribution in [0.2, 0.25) is 0 Å². The number of hydrogen-bond donors (Lipinski definition) is 1. The number of anilines is 1. The van der Waals surface area contributed by atoms with Crippen LogP contribution >= 0.6 is 0 Å². The molecule has 3 aromatic rings. The van der Waals surface area contributed by atoms with E-state index >= 15 is 0 Å². The van der Waals surface area contributed by atoms with E-state index in [1.54, 1.807) is 14.2 Å². The Kier molecular flexibility index (Phi) is 5.90. The van der Waals surface area contributed by atoms with E-state index < -0.39 is 0 Å². The average Bonchev–Trinajstić information content (AvgIpc) is 2.73. The van der Waals surface area contributed by atoms with E-state index in [9.17, 15) is 4.79 Å². The SMILES string of the molecule is COc1ccc(/C=C(/C(=O)Nc2ccc(OC)cc2)c2ccccc2)cc1. The van der Waals surface area contributed by atoms with Crippen LogP contribution < -0.4 is 14.8 Å². The summed E-state index contributed by atoms with van der Waals surface area (Å²) < 4.78 is 10.3. The van der Waals surface area contributed by atoms with Gasteiger partial charge in [-0.2, -0.15) is 0 Å². The fourth-order valence-electron chi connectivity index (χ4n) is 2.64. The number of ether oxygens (including phenoxy) is 2. The Morgan fingerprint density at radius 1 is 0.778 bits per heavy atom. The van der Waals surface area contributed by atoms with Gasteiger partial charge < -0.3 is 14.8 Å². The maximum absolute atomic E-state index is 13.0. The van der Waals surface area contributed by atoms with Crippen LogP contribution in [-0.2, 0) is 4.79 Å². The summed E-state index contributed by atoms with van der Waals surface area (Å²) >= 11 is 0. The summed E-state index contributed by atoms with van der Waals surface area (Å²) in [6, 6.07) is 24.4. The topological polar surface area (TPSA) is 47.6 Å². The van der Waals surface area contributed by atoms with Crippen LogP contribution in [0.25, 0.3) is 11.6 Å². The van der Waals surface area contributed by atoms with Crippen molar-refractivity contribution in [3.63, 3.8) is 0 Å². The molecular formula is C23H21NO3. The number of nitrogens with one attached hydrogen (secondary N) is 1. The van der Waals surface area contributed by atoms with Gasteiger partial charge in [0.1, 0.15) is 11.5 Å². The quantitative estimate of drug-likeness (QED) is 0.504. The molecule has 0 aliphatic carbocycles. The minimum absolute atomic E-state index is 0.179. The normalized spacial score (nSPS) is 11.0. The van der Waals surface area contributed by atoms with Gasteiger partial charge in [0, 0.05) is 11.3 Å². The molecule has 4 nitrogen and oxygen atoms in total. The molecule has 0 spiro atoms. The maximum Gasteiger partial charge on any atom is 0.256 e. The Bertz CT molecular complexity index is 914. The van der Waals surface area contributed by atoms with Gasteiger partial charge in [-0.3, -0.25) is 4.79 Å². The van der Waals surface area contributed by atoms with Gasteiger partial charge in [-0.25, -0.2) is 0 Å². The highest BCUT2D eigenvalue weighted by Crippen LogP contribution is 2.23. The summed E-state index contributed by atoms with van der Waals surface area (Å²) in [5.41, 5.74) is 3.05. The number of rotatable bonds is 6. The first kappa shape index (κ1) is 18.3. The number of hydrogen-bond acceptors (Lipinski definition) is 3. The number of carbonyl (C=O) groups is 1. The summed E-state index contributed by atoms with van der Waals surface area (Å²) in [4.78, 5) is 13.0. The van der Waals surface area contributed by atoms with E-state index in [0.29, 0.717) is 11.3 Å². The van der Waals surface area contributed by atoms with Gasteiger partial charge in [-0.1, -0.05) is 42.5 Å². The smallest absolute Gasteiger partial charge is 0.256 e. The fourth-order valence-corrected chi connectivity index (χ4v) is 2.64. The molecule has 0 heterocycles. The maximum atomic E-state index is 13.0. The summed E-state index contributed by atoms with van der Waals surface area (Å²) in [6.07, 6.45) is 1.87. The molecule has 0 saturated carbocycles. The Labute approximate surface area is 159 Å². The van der Waals surface area contributed by atoms with Crippen molar-refractivity contribution in [2.24, 2.45) is 0 Å². The van der Waals surface area contributed by atoms with E-state index in [4.69, 9.17) is 9.47 Å². The monoisotopic (exact) mass is 359 g/mol. The van der Waals surface area contributed by atoms with Crippen LogP contribution in [0, 0.1) is 0 Å². The lowest BCUT2D eigenvalue weighted by Gasteiger charge is -2.11. The number of carbonyl (C=O) groups excluding carboxylic acids is 1. The van der Waals surface area contributed by atoms with Gasteiger partial charge in [-0.15, -0.1) is 0 Å². The summed E-state index contributed by atoms with van der Waals surface area (Å²) in [5, 5.41) is 2.95. The summed E-state index contributed by atoms with van der Waals surface area (Å²) in [5.74, 6) is 1.34. The van der Waals surface area contributed by atoms with Gasteiger partial charge in [0.15, 0.2) is 0 Å². The Morgan fingerprint density at radius 3 is 1.89 bits per heavy atom. The highest BCUT2D eigenvalue weighted by molar-refractivity contribution is 6.29. The van der Waals surface area contributed by atoms with Crippen molar-refractivity contribution in [3.05, 3.63) is 90.0 Å². The molecule has 136 valence electrons. The molecule has 0 saturated heterocycles. The second kappa shape index (κ2) is 8.72. The predicted molar refractivity (Wildman–Crippen MR) is 109 cm³/mol. The molecule has 0 atom stereocenters. The third-order valence-electron chi connectivity index (χ3n) is 4.10. The molecule has 0 aliphatic heterocycles. The van der Waals surface area contributed by atoms with Crippen molar-refractivity contribution in [1.82, 2.24) is 0 Å². The highest BCUT2D eigenvalue weighted by atomic mass is 16.5. The third-order valence-corrected chi connectivity index (χ3v) is 4.10. The van der Waals surface area contributed by atoms with Crippen LogP contribution in [0.15, 0.2) is 78.9 Å². The second-order valence-corrected chi connectivity index (χ2v) is 5.88. The fraction of sp³-hybridized carbons (Fsp3) is 0.0870. The molecule has 1 amide bonds. The van der Waals surface area contributed by atoms with Gasteiger partial charge in [0.25, 0.3) is 5.91 Å². The Balaban J connectivity index is 1.91. The first-order valence-electron chi connectivity index (χ1n) is 8.56. The molecule has 0 aromatic heterocycles. The zero-order valence-corrected chi connectivity index (χ0v) is 15.3. The van der Waals surface area contributed by atoms with E-state index in [0.717, 1.165) is 22.6 Å². The second-order valence-electron chi connectivity index (χ2n) is 5.88. The lowest BCUT2D eigenvalue weighted by atomic mass is 10.0. The number of methoxy groups -OCH3 is 2. The van der Waals surface area contributed by atoms with E-state index in [1.807, 2.05) is 84.9 Å². The average molecular weight is 359 g/mol. The Hall–Kier alpha value is -3.53. The van der Waals surface area contributed by atoms with Gasteiger partial charge in [-0.05, 0) is 53.6 Å². The molecule has 3 rings (SSSR count). The molecule has 27 heavy (non-hydrogen) atoms. The van der Waals surface area contributed by atoms with E-state index in [-0.39, 0.29) is 5.91 Å². The largest absolute Gasteiger partial charge is 0.497 e. The lowest BCUT2D eigenvalue weighted by Crippen LogP contribution is -2.13. The minimum atomic E-state index is -0.179. The lowest BCUT2D eigenvalue weighted by molar-refractivity contribution is -0.111. The van der Waals surface area contributed by atoms with Crippen molar-refractivity contribution >= 4 is 23.2 Å². The zero-order valence-electron chi connectivity index (χ0n) is 15.3. The molecule has 0 bridgehead atoms. The molecule has 0 fully saturated rings. The van der Waals surface area contributed by atoms with Crippen LogP contribution in [0.3, 0.4) is 0 Å². The van der Waals surface area contributed by atoms with Crippen LogP contribution in [0.4, 0.5) is 5.69 Å². The molecule has 4 heteroatoms. The highest BCUT2D eigenvalue weighted by Gasteiger charge is 2.12. The van der Waals surface area contributed by atoms with Crippen molar-refractivity contribution in [2.75, 3.05) is 19.5 Å². The number of benzene rings is 3. The molecule has 0 radical (unpaired) electrons. The zero-order chi connectivity index (χ0) is 19.1. The van der Waals surface area contributed by atoms with Crippen molar-refractivity contribution in [3.8, 4) is 11.5 Å². The predicted octanol–water partition coefficient (Wildman–Crippen LogP) is 4.88. The first-order chi connectivity index (χ1) is 13.2. The van der Waals surface area contributed by atoms with Gasteiger partial charge in [0.05, 0.1) is 14.2 Å². The third kappa shape index (κ3) is 4.76. The molecule has 0 aliphatic rings. The van der Waals surface area contributed by atoms with Crippen molar-refractivity contribution < 1.29 is 14.3 Å². The van der Waals surface area contributed by atoms with Crippen LogP contribution in [-0.4, -0.2) is 20.1 Å². The van der Waals surface area contributed by atoms with E-state index in [1.165, 1.54) is 0 Å². The molecule has 1 N–H and O–H groups in total. The first-order valence-corrected chi connectivity index (χ1v) is 8.56. The Morgan fingerprint density at radius 2 is 1.33 bits per heavy atom. The molecule has 3 aromatic carbocycles. The standard InChI is InChI=1S/C23H21NO3/c1-26-20-12-8-17(9-13-20)16-22(18-6-4-3-5-7-18)23(25)24-19-10-14-21(27-2)15-11-19/h3-16H,1-2H3,(H,24,25)/b22-16+. The number of amides is 1. The summed E-state index contributed by atoms with van der Waals surface area (Å²) in [7, 11) is 3.24.